The third-order valence-electron chi connectivity index (χ3n) is 15.1. The summed E-state index contributed by atoms with van der Waals surface area (Å²) < 4.78 is 31.0. The van der Waals surface area contributed by atoms with Gasteiger partial charge >= 0.3 is 9.05 Å². The van der Waals surface area contributed by atoms with Crippen LogP contribution in [0.3, 0.4) is 0 Å². The molecule has 0 spiro atoms. The maximum Gasteiger partial charge on any atom is 0.636 e. The SMILES string of the molecule is CCCCCCCCCCCCC[Si](C)(C)O[Si](O[Si](C)(C)CCCCCCCCCCCCC)(O[Si](C)(C)CCCCCCCCCCCCC)O[Si](C)(C)CCCCCCCCCCCCC. The van der Waals surface area contributed by atoms with E-state index in [0.29, 0.717) is 0 Å². The fourth-order valence-corrected chi connectivity index (χ4v) is 30.7. The van der Waals surface area contributed by atoms with Crippen molar-refractivity contribution in [1.82, 2.24) is 0 Å². The van der Waals surface area contributed by atoms with Crippen molar-refractivity contribution in [2.75, 3.05) is 0 Å². The molecule has 0 fully saturated rings. The van der Waals surface area contributed by atoms with Crippen LogP contribution in [0.4, 0.5) is 0 Å². The number of rotatable bonds is 56. The van der Waals surface area contributed by atoms with E-state index >= 15 is 0 Å². The Hall–Kier alpha value is 0.924. The molecule has 4 nitrogen and oxygen atoms in total. The lowest BCUT2D eigenvalue weighted by Gasteiger charge is -2.46. The van der Waals surface area contributed by atoms with E-state index < -0.39 is 42.3 Å². The summed E-state index contributed by atoms with van der Waals surface area (Å²) in [6.45, 7) is 29.1. The summed E-state index contributed by atoms with van der Waals surface area (Å²) in [5.41, 5.74) is 0. The van der Waals surface area contributed by atoms with Crippen LogP contribution < -0.4 is 0 Å². The van der Waals surface area contributed by atoms with Crippen LogP contribution in [0.5, 0.6) is 0 Å². The van der Waals surface area contributed by atoms with E-state index in [1.807, 2.05) is 0 Å². The average Bonchev–Trinajstić information content (AvgIpc) is 3.27. The Morgan fingerprint density at radius 2 is 0.290 bits per heavy atom. The van der Waals surface area contributed by atoms with Gasteiger partial charge < -0.3 is 16.5 Å². The van der Waals surface area contributed by atoms with Crippen LogP contribution in [0.1, 0.15) is 310 Å². The quantitative estimate of drug-likeness (QED) is 0.0449. The molecule has 9 heteroatoms. The van der Waals surface area contributed by atoms with Crippen molar-refractivity contribution >= 4 is 42.3 Å². The van der Waals surface area contributed by atoms with Crippen LogP contribution in [0, 0.1) is 0 Å². The van der Waals surface area contributed by atoms with Crippen LogP contribution in [0.15, 0.2) is 0 Å². The molecule has 0 bridgehead atoms. The first-order chi connectivity index (χ1) is 33.1. The molecule has 0 radical (unpaired) electrons. The van der Waals surface area contributed by atoms with Crippen LogP contribution in [-0.4, -0.2) is 42.3 Å². The second-order valence-electron chi connectivity index (χ2n) is 25.1. The van der Waals surface area contributed by atoms with Gasteiger partial charge in [-0.2, -0.15) is 0 Å². The smallest absolute Gasteiger partial charge is 0.396 e. The molecule has 69 heavy (non-hydrogen) atoms. The number of unbranched alkanes of at least 4 members (excludes halogenated alkanes) is 40. The van der Waals surface area contributed by atoms with E-state index in [1.54, 1.807) is 0 Å². The van der Waals surface area contributed by atoms with Crippen molar-refractivity contribution in [1.29, 1.82) is 0 Å². The second kappa shape index (κ2) is 46.2. The van der Waals surface area contributed by atoms with E-state index in [9.17, 15) is 0 Å². The van der Waals surface area contributed by atoms with Gasteiger partial charge in [-0.15, -0.1) is 0 Å². The Balaban J connectivity index is 6.03. The Bertz CT molecular complexity index is 907. The maximum absolute atomic E-state index is 7.76. The van der Waals surface area contributed by atoms with E-state index in [2.05, 4.69) is 80.1 Å². The highest BCUT2D eigenvalue weighted by atomic mass is 28.5. The molecule has 416 valence electrons. The van der Waals surface area contributed by atoms with E-state index in [0.717, 1.165) is 0 Å². The average molecular weight is 1060 g/mol. The van der Waals surface area contributed by atoms with Crippen molar-refractivity contribution in [2.24, 2.45) is 0 Å². The Morgan fingerprint density at radius 1 is 0.174 bits per heavy atom. The summed E-state index contributed by atoms with van der Waals surface area (Å²) in [4.78, 5) is 0. The highest BCUT2D eigenvalue weighted by Gasteiger charge is 2.58. The van der Waals surface area contributed by atoms with Gasteiger partial charge in [0.25, 0.3) is 0 Å². The van der Waals surface area contributed by atoms with Gasteiger partial charge in [0.05, 0.1) is 0 Å². The Labute approximate surface area is 443 Å². The highest BCUT2D eigenvalue weighted by molar-refractivity contribution is 6.92. The lowest BCUT2D eigenvalue weighted by atomic mass is 10.1. The molecular formula is C60H132O4Si5. The molecule has 0 heterocycles. The normalized spacial score (nSPS) is 13.0. The minimum absolute atomic E-state index is 1.18. The molecule has 0 aliphatic heterocycles. The molecule has 0 amide bonds. The summed E-state index contributed by atoms with van der Waals surface area (Å²) in [6.07, 6.45) is 60.8. The zero-order valence-corrected chi connectivity index (χ0v) is 55.1. The van der Waals surface area contributed by atoms with Gasteiger partial charge in [0.1, 0.15) is 0 Å². The molecule has 0 aromatic rings. The fourth-order valence-electron chi connectivity index (χ4n) is 10.5. The van der Waals surface area contributed by atoms with Crippen LogP contribution in [0.2, 0.25) is 76.6 Å². The molecule has 0 atom stereocenters. The van der Waals surface area contributed by atoms with Crippen molar-refractivity contribution < 1.29 is 16.5 Å². The summed E-state index contributed by atoms with van der Waals surface area (Å²) in [6, 6.07) is 4.71. The largest absolute Gasteiger partial charge is 0.636 e. The standard InChI is InChI=1S/C60H132O4Si5/c1-13-17-21-25-29-33-37-41-45-49-53-57-65(5,6)61-69(62-66(7,8)58-54-50-46-42-38-34-30-26-22-18-14-2,63-67(9,10)59-55-51-47-43-39-35-31-27-23-19-15-3)64-68(11,12)60-56-52-48-44-40-36-32-28-24-20-16-4/h13-60H2,1-12H3. The van der Waals surface area contributed by atoms with Gasteiger partial charge in [-0.25, -0.2) is 0 Å². The Morgan fingerprint density at radius 3 is 0.420 bits per heavy atom. The third-order valence-corrected chi connectivity index (χ3v) is 34.2. The second-order valence-corrected chi connectivity index (χ2v) is 45.4. The van der Waals surface area contributed by atoms with Gasteiger partial charge in [-0.1, -0.05) is 310 Å². The van der Waals surface area contributed by atoms with Crippen LogP contribution in [-0.2, 0) is 16.5 Å². The topological polar surface area (TPSA) is 36.9 Å². The molecule has 0 saturated carbocycles. The zero-order chi connectivity index (χ0) is 51.3. The monoisotopic (exact) mass is 1060 g/mol. The lowest BCUT2D eigenvalue weighted by Crippen LogP contribution is -2.66. The maximum atomic E-state index is 7.76. The van der Waals surface area contributed by atoms with Crippen molar-refractivity contribution in [3.8, 4) is 0 Å². The van der Waals surface area contributed by atoms with E-state index in [1.165, 1.54) is 307 Å². The molecule has 0 aliphatic rings. The molecular weight excluding hydrogens is 925 g/mol. The molecule has 0 saturated heterocycles. The molecule has 0 aromatic carbocycles. The number of hydrogen-bond donors (Lipinski definition) is 0. The summed E-state index contributed by atoms with van der Waals surface area (Å²) in [7, 11) is -12.2. The van der Waals surface area contributed by atoms with Gasteiger partial charge in [0.15, 0.2) is 33.3 Å². The zero-order valence-electron chi connectivity index (χ0n) is 50.1. The van der Waals surface area contributed by atoms with Crippen LogP contribution >= 0.6 is 0 Å². The van der Waals surface area contributed by atoms with Gasteiger partial charge in [-0.3, -0.25) is 0 Å². The Kier molecular flexibility index (Phi) is 46.9. The molecule has 0 aliphatic carbocycles. The predicted octanol–water partition coefficient (Wildman–Crippen LogP) is 23.6. The number of hydrogen-bond acceptors (Lipinski definition) is 4. The first-order valence-corrected chi connectivity index (χ1v) is 46.0. The molecule has 0 N–H and O–H groups in total. The van der Waals surface area contributed by atoms with Crippen molar-refractivity contribution in [3.05, 3.63) is 0 Å². The fraction of sp³-hybridized carbons (Fsp3) is 1.00. The summed E-state index contributed by atoms with van der Waals surface area (Å²) in [5, 5.41) is 0. The van der Waals surface area contributed by atoms with E-state index in [-0.39, 0.29) is 0 Å². The molecule has 0 aromatic heterocycles. The summed E-state index contributed by atoms with van der Waals surface area (Å²) >= 11 is 0. The molecule has 0 unspecified atom stereocenters. The van der Waals surface area contributed by atoms with Crippen molar-refractivity contribution in [3.63, 3.8) is 0 Å². The van der Waals surface area contributed by atoms with Crippen molar-refractivity contribution in [2.45, 2.75) is 387 Å². The first-order valence-electron chi connectivity index (χ1n) is 31.9. The minimum Gasteiger partial charge on any atom is -0.396 e. The van der Waals surface area contributed by atoms with E-state index in [4.69, 9.17) is 16.5 Å². The van der Waals surface area contributed by atoms with Gasteiger partial charge in [0, 0.05) is 0 Å². The predicted molar refractivity (Wildman–Crippen MR) is 325 cm³/mol. The third kappa shape index (κ3) is 47.1. The summed E-state index contributed by atoms with van der Waals surface area (Å²) in [5.74, 6) is 0. The minimum atomic E-state index is -3.49. The lowest BCUT2D eigenvalue weighted by molar-refractivity contribution is 0.144. The molecule has 0 rings (SSSR count). The van der Waals surface area contributed by atoms with Crippen LogP contribution in [0.25, 0.3) is 0 Å². The van der Waals surface area contributed by atoms with Gasteiger partial charge in [-0.05, 0) is 76.6 Å². The highest BCUT2D eigenvalue weighted by Crippen LogP contribution is 2.36. The van der Waals surface area contributed by atoms with Gasteiger partial charge in [0.2, 0.25) is 0 Å². The first kappa shape index (κ1) is 69.9.